The standard InChI is InChI=1S/C21H23FN2O2/c22-19-8-4-3-6-17(19)11-13-23-20(25)9-10-21(26)24-14-12-16-5-1-2-7-18(16)15-24/h1-8H,9-15H2,(H,23,25). The average Bonchev–Trinajstić information content (AvgIpc) is 2.67. The first-order valence-electron chi connectivity index (χ1n) is 8.98. The number of halogens is 1. The van der Waals surface area contributed by atoms with E-state index in [4.69, 9.17) is 0 Å². The molecule has 2 aromatic carbocycles. The van der Waals surface area contributed by atoms with Crippen molar-refractivity contribution in [3.05, 3.63) is 71.0 Å². The number of nitrogens with one attached hydrogen (secondary N) is 1. The summed E-state index contributed by atoms with van der Waals surface area (Å²) < 4.78 is 13.5. The molecule has 26 heavy (non-hydrogen) atoms. The van der Waals surface area contributed by atoms with Crippen molar-refractivity contribution in [2.24, 2.45) is 0 Å². The van der Waals surface area contributed by atoms with E-state index in [9.17, 15) is 14.0 Å². The highest BCUT2D eigenvalue weighted by Gasteiger charge is 2.20. The van der Waals surface area contributed by atoms with Crippen molar-refractivity contribution < 1.29 is 14.0 Å². The number of hydrogen-bond acceptors (Lipinski definition) is 2. The Morgan fingerprint density at radius 3 is 2.54 bits per heavy atom. The summed E-state index contributed by atoms with van der Waals surface area (Å²) in [6.45, 7) is 1.68. The zero-order chi connectivity index (χ0) is 18.4. The van der Waals surface area contributed by atoms with Crippen LogP contribution in [0.25, 0.3) is 0 Å². The van der Waals surface area contributed by atoms with Crippen molar-refractivity contribution in [1.29, 1.82) is 0 Å². The molecular weight excluding hydrogens is 331 g/mol. The summed E-state index contributed by atoms with van der Waals surface area (Å²) in [6.07, 6.45) is 1.66. The Morgan fingerprint density at radius 1 is 1.00 bits per heavy atom. The Bertz CT molecular complexity index is 791. The molecule has 0 saturated heterocycles. The first-order valence-corrected chi connectivity index (χ1v) is 8.98. The number of amides is 2. The van der Waals surface area contributed by atoms with Gasteiger partial charge in [-0.1, -0.05) is 42.5 Å². The lowest BCUT2D eigenvalue weighted by Gasteiger charge is -2.28. The predicted molar refractivity (Wildman–Crippen MR) is 97.9 cm³/mol. The molecular formula is C21H23FN2O2. The number of carbonyl (C=O) groups excluding carboxylic acids is 2. The molecule has 3 rings (SSSR count). The van der Waals surface area contributed by atoms with Crippen LogP contribution in [0.1, 0.15) is 29.5 Å². The SMILES string of the molecule is O=C(CCC(=O)N1CCc2ccccc2C1)NCCc1ccccc1F. The van der Waals surface area contributed by atoms with Gasteiger partial charge in [-0.3, -0.25) is 9.59 Å². The van der Waals surface area contributed by atoms with Gasteiger partial charge in [0.25, 0.3) is 0 Å². The predicted octanol–water partition coefficient (Wildman–Crippen LogP) is 2.85. The Morgan fingerprint density at radius 2 is 1.73 bits per heavy atom. The first kappa shape index (κ1) is 18.1. The van der Waals surface area contributed by atoms with Crippen molar-refractivity contribution in [1.82, 2.24) is 10.2 Å². The highest BCUT2D eigenvalue weighted by Crippen LogP contribution is 2.19. The number of fused-ring (bicyclic) bond motifs is 1. The monoisotopic (exact) mass is 354 g/mol. The second-order valence-electron chi connectivity index (χ2n) is 6.53. The van der Waals surface area contributed by atoms with Crippen LogP contribution >= 0.6 is 0 Å². The van der Waals surface area contributed by atoms with E-state index < -0.39 is 0 Å². The molecule has 0 aromatic heterocycles. The molecule has 2 aromatic rings. The fraction of sp³-hybridized carbons (Fsp3) is 0.333. The Balaban J connectivity index is 1.39. The number of hydrogen-bond donors (Lipinski definition) is 1. The van der Waals surface area contributed by atoms with Crippen LogP contribution in [0.5, 0.6) is 0 Å². The number of carbonyl (C=O) groups is 2. The third-order valence-electron chi connectivity index (χ3n) is 4.72. The highest BCUT2D eigenvalue weighted by atomic mass is 19.1. The molecule has 5 heteroatoms. The molecule has 4 nitrogen and oxygen atoms in total. The van der Waals surface area contributed by atoms with Gasteiger partial charge in [0.05, 0.1) is 0 Å². The van der Waals surface area contributed by atoms with Crippen LogP contribution in [0.15, 0.2) is 48.5 Å². The van der Waals surface area contributed by atoms with Crippen LogP contribution < -0.4 is 5.32 Å². The maximum Gasteiger partial charge on any atom is 0.223 e. The lowest BCUT2D eigenvalue weighted by atomic mass is 9.99. The van der Waals surface area contributed by atoms with Crippen LogP contribution in [-0.2, 0) is 29.0 Å². The molecule has 0 aliphatic carbocycles. The van der Waals surface area contributed by atoms with Gasteiger partial charge in [-0.25, -0.2) is 4.39 Å². The van der Waals surface area contributed by atoms with Crippen LogP contribution in [-0.4, -0.2) is 29.8 Å². The zero-order valence-corrected chi connectivity index (χ0v) is 14.7. The van der Waals surface area contributed by atoms with Gasteiger partial charge in [-0.15, -0.1) is 0 Å². The van der Waals surface area contributed by atoms with E-state index in [0.717, 1.165) is 6.42 Å². The van der Waals surface area contributed by atoms with Crippen LogP contribution in [0.4, 0.5) is 4.39 Å². The lowest BCUT2D eigenvalue weighted by molar-refractivity contribution is -0.134. The Kier molecular flexibility index (Phi) is 6.00. The summed E-state index contributed by atoms with van der Waals surface area (Å²) in [7, 11) is 0. The van der Waals surface area contributed by atoms with Gasteiger partial charge < -0.3 is 10.2 Å². The molecule has 0 spiro atoms. The fourth-order valence-electron chi connectivity index (χ4n) is 3.21. The zero-order valence-electron chi connectivity index (χ0n) is 14.7. The van der Waals surface area contributed by atoms with Gasteiger partial charge in [0.15, 0.2) is 0 Å². The van der Waals surface area contributed by atoms with E-state index in [0.29, 0.717) is 31.6 Å². The van der Waals surface area contributed by atoms with E-state index >= 15 is 0 Å². The minimum absolute atomic E-state index is 0.00348. The summed E-state index contributed by atoms with van der Waals surface area (Å²) in [5.74, 6) is -0.432. The van der Waals surface area contributed by atoms with E-state index in [-0.39, 0.29) is 30.5 Å². The Hall–Kier alpha value is -2.69. The van der Waals surface area contributed by atoms with Gasteiger partial charge in [-0.2, -0.15) is 0 Å². The van der Waals surface area contributed by atoms with Crippen molar-refractivity contribution in [2.75, 3.05) is 13.1 Å². The third kappa shape index (κ3) is 4.69. The maximum absolute atomic E-state index is 13.5. The minimum Gasteiger partial charge on any atom is -0.356 e. The largest absolute Gasteiger partial charge is 0.356 e. The number of benzene rings is 2. The minimum atomic E-state index is -0.262. The molecule has 0 bridgehead atoms. The summed E-state index contributed by atoms with van der Waals surface area (Å²) in [4.78, 5) is 26.1. The molecule has 0 saturated carbocycles. The van der Waals surface area contributed by atoms with E-state index in [1.54, 1.807) is 18.2 Å². The number of nitrogens with zero attached hydrogens (tertiary/aromatic N) is 1. The van der Waals surface area contributed by atoms with Crippen molar-refractivity contribution >= 4 is 11.8 Å². The molecule has 0 fully saturated rings. The van der Waals surface area contributed by atoms with Crippen molar-refractivity contribution in [3.63, 3.8) is 0 Å². The quantitative estimate of drug-likeness (QED) is 0.867. The fourth-order valence-corrected chi connectivity index (χ4v) is 3.21. The van der Waals surface area contributed by atoms with Gasteiger partial charge in [0.2, 0.25) is 11.8 Å². The van der Waals surface area contributed by atoms with Crippen LogP contribution in [0.3, 0.4) is 0 Å². The molecule has 1 aliphatic heterocycles. The summed E-state index contributed by atoms with van der Waals surface area (Å²) in [5, 5.41) is 2.76. The summed E-state index contributed by atoms with van der Waals surface area (Å²) in [6, 6.07) is 14.7. The molecule has 1 N–H and O–H groups in total. The van der Waals surface area contributed by atoms with Crippen molar-refractivity contribution in [3.8, 4) is 0 Å². The van der Waals surface area contributed by atoms with Crippen molar-refractivity contribution in [2.45, 2.75) is 32.2 Å². The van der Waals surface area contributed by atoms with Crippen LogP contribution in [0, 0.1) is 5.82 Å². The van der Waals surface area contributed by atoms with Crippen LogP contribution in [0.2, 0.25) is 0 Å². The second kappa shape index (κ2) is 8.61. The average molecular weight is 354 g/mol. The smallest absolute Gasteiger partial charge is 0.223 e. The summed E-state index contributed by atoms with van der Waals surface area (Å²) >= 11 is 0. The third-order valence-corrected chi connectivity index (χ3v) is 4.72. The second-order valence-corrected chi connectivity index (χ2v) is 6.53. The lowest BCUT2D eigenvalue weighted by Crippen LogP contribution is -2.36. The Labute approximate surface area is 153 Å². The first-order chi connectivity index (χ1) is 12.6. The topological polar surface area (TPSA) is 49.4 Å². The molecule has 2 amide bonds. The molecule has 136 valence electrons. The maximum atomic E-state index is 13.5. The van der Waals surface area contributed by atoms with E-state index in [1.807, 2.05) is 23.1 Å². The van der Waals surface area contributed by atoms with E-state index in [1.165, 1.54) is 17.2 Å². The van der Waals surface area contributed by atoms with Gasteiger partial charge in [-0.05, 0) is 35.6 Å². The molecule has 0 radical (unpaired) electrons. The van der Waals surface area contributed by atoms with Gasteiger partial charge in [0, 0.05) is 32.5 Å². The highest BCUT2D eigenvalue weighted by molar-refractivity contribution is 5.83. The van der Waals surface area contributed by atoms with Gasteiger partial charge in [0.1, 0.15) is 5.82 Å². The molecule has 0 atom stereocenters. The molecule has 0 unspecified atom stereocenters. The van der Waals surface area contributed by atoms with E-state index in [2.05, 4.69) is 11.4 Å². The molecule has 1 aliphatic rings. The normalized spacial score (nSPS) is 13.2. The summed E-state index contributed by atoms with van der Waals surface area (Å²) in [5.41, 5.74) is 3.06. The van der Waals surface area contributed by atoms with Gasteiger partial charge >= 0.3 is 0 Å². The number of rotatable bonds is 6. The molecule has 1 heterocycles.